The van der Waals surface area contributed by atoms with Crippen LogP contribution in [0.25, 0.3) is 5.69 Å². The van der Waals surface area contributed by atoms with E-state index in [9.17, 15) is 4.79 Å². The van der Waals surface area contributed by atoms with Gasteiger partial charge in [0.25, 0.3) is 0 Å². The number of hydrogen-bond acceptors (Lipinski definition) is 4. The third-order valence-corrected chi connectivity index (χ3v) is 2.63. The number of hydrogen-bond donors (Lipinski definition) is 0. The van der Waals surface area contributed by atoms with Gasteiger partial charge in [-0.15, -0.1) is 11.3 Å². The first-order valence-electron chi connectivity index (χ1n) is 4.29. The molecule has 0 saturated carbocycles. The topological polar surface area (TPSA) is 47.8 Å². The summed E-state index contributed by atoms with van der Waals surface area (Å²) >= 11 is 1.49. The zero-order valence-corrected chi connectivity index (χ0v) is 8.49. The van der Waals surface area contributed by atoms with Gasteiger partial charge in [-0.2, -0.15) is 15.0 Å². The molecule has 0 unspecified atom stereocenters. The molecule has 0 N–H and O–H groups in total. The number of ketones is 1. The quantitative estimate of drug-likeness (QED) is 0.722. The average Bonchev–Trinajstić information content (AvgIpc) is 2.85. The smallest absolute Gasteiger partial charge is 0.165 e. The van der Waals surface area contributed by atoms with E-state index in [-0.39, 0.29) is 5.78 Å². The molecule has 0 atom stereocenters. The Morgan fingerprint density at radius 2 is 2.14 bits per heavy atom. The van der Waals surface area contributed by atoms with E-state index in [1.54, 1.807) is 12.4 Å². The highest BCUT2D eigenvalue weighted by molar-refractivity contribution is 7.08. The molecule has 2 aromatic rings. The first-order valence-corrected chi connectivity index (χ1v) is 5.23. The maximum absolute atomic E-state index is 11.5. The van der Waals surface area contributed by atoms with Crippen LogP contribution in [-0.2, 0) is 0 Å². The largest absolute Gasteiger partial charge is 0.294 e. The zero-order valence-electron chi connectivity index (χ0n) is 7.67. The monoisotopic (exact) mass is 207 g/mol. The highest BCUT2D eigenvalue weighted by Crippen LogP contribution is 2.19. The lowest BCUT2D eigenvalue weighted by Crippen LogP contribution is -2.04. The van der Waals surface area contributed by atoms with Crippen LogP contribution >= 0.6 is 11.3 Å². The summed E-state index contributed by atoms with van der Waals surface area (Å²) in [5.41, 5.74) is 1.47. The summed E-state index contributed by atoms with van der Waals surface area (Å²) in [6.45, 7) is 1.85. The molecule has 5 heteroatoms. The Hall–Kier alpha value is -1.49. The first kappa shape index (κ1) is 9.08. The fourth-order valence-corrected chi connectivity index (χ4v) is 1.99. The van der Waals surface area contributed by atoms with Gasteiger partial charge in [-0.25, -0.2) is 0 Å². The molecule has 2 rings (SSSR count). The Morgan fingerprint density at radius 1 is 1.43 bits per heavy atom. The number of Topliss-reactive ketones (excluding diaryl/α,β-unsaturated/α-hetero) is 1. The second-order valence-electron chi connectivity index (χ2n) is 2.77. The van der Waals surface area contributed by atoms with Gasteiger partial charge in [0.1, 0.15) is 5.69 Å². The maximum atomic E-state index is 11.5. The van der Waals surface area contributed by atoms with Crippen molar-refractivity contribution >= 4 is 17.1 Å². The molecular weight excluding hydrogens is 198 g/mol. The number of carbonyl (C=O) groups excluding carboxylic acids is 1. The van der Waals surface area contributed by atoms with Crippen LogP contribution in [0.15, 0.2) is 23.2 Å². The van der Waals surface area contributed by atoms with Gasteiger partial charge in [0, 0.05) is 17.2 Å². The van der Waals surface area contributed by atoms with Crippen LogP contribution in [0.3, 0.4) is 0 Å². The summed E-state index contributed by atoms with van der Waals surface area (Å²) in [5, 5.41) is 11.7. The van der Waals surface area contributed by atoms with Gasteiger partial charge in [0.2, 0.25) is 0 Å². The molecule has 0 aliphatic carbocycles. The van der Waals surface area contributed by atoms with Crippen molar-refractivity contribution in [3.8, 4) is 5.69 Å². The predicted molar refractivity (Wildman–Crippen MR) is 53.9 cm³/mol. The molecule has 0 radical (unpaired) electrons. The summed E-state index contributed by atoms with van der Waals surface area (Å²) in [4.78, 5) is 13.0. The lowest BCUT2D eigenvalue weighted by Gasteiger charge is -1.99. The van der Waals surface area contributed by atoms with E-state index in [1.165, 1.54) is 16.1 Å². The van der Waals surface area contributed by atoms with Crippen LogP contribution in [0.1, 0.15) is 23.7 Å². The van der Waals surface area contributed by atoms with E-state index in [0.29, 0.717) is 12.0 Å². The van der Waals surface area contributed by atoms with Gasteiger partial charge in [-0.1, -0.05) is 6.92 Å². The van der Waals surface area contributed by atoms with Crippen LogP contribution in [0.5, 0.6) is 0 Å². The third kappa shape index (κ3) is 1.46. The van der Waals surface area contributed by atoms with Gasteiger partial charge in [0.15, 0.2) is 5.78 Å². The fraction of sp³-hybridized carbons (Fsp3) is 0.222. The Balaban J connectivity index is 2.45. The molecule has 0 saturated heterocycles. The molecular formula is C9H9N3OS. The zero-order chi connectivity index (χ0) is 9.97. The molecule has 0 fully saturated rings. The normalized spacial score (nSPS) is 10.4. The van der Waals surface area contributed by atoms with Gasteiger partial charge >= 0.3 is 0 Å². The number of aromatic nitrogens is 3. The molecule has 0 bridgehead atoms. The molecule has 0 aliphatic rings. The molecule has 2 heterocycles. The van der Waals surface area contributed by atoms with Crippen molar-refractivity contribution in [1.82, 2.24) is 15.0 Å². The van der Waals surface area contributed by atoms with Crippen LogP contribution in [0.4, 0.5) is 0 Å². The van der Waals surface area contributed by atoms with Crippen LogP contribution in [0, 0.1) is 0 Å². The van der Waals surface area contributed by atoms with E-state index in [4.69, 9.17) is 0 Å². The number of carbonyl (C=O) groups is 1. The van der Waals surface area contributed by atoms with E-state index < -0.39 is 0 Å². The minimum atomic E-state index is 0.124. The summed E-state index contributed by atoms with van der Waals surface area (Å²) in [6, 6.07) is 0. The van der Waals surface area contributed by atoms with Crippen molar-refractivity contribution in [3.63, 3.8) is 0 Å². The second kappa shape index (κ2) is 3.71. The van der Waals surface area contributed by atoms with Crippen molar-refractivity contribution < 1.29 is 4.79 Å². The first-order chi connectivity index (χ1) is 6.83. The van der Waals surface area contributed by atoms with Crippen molar-refractivity contribution in [2.45, 2.75) is 13.3 Å². The lowest BCUT2D eigenvalue weighted by molar-refractivity contribution is 0.0988. The molecule has 4 nitrogen and oxygen atoms in total. The van der Waals surface area contributed by atoms with Gasteiger partial charge < -0.3 is 0 Å². The highest BCUT2D eigenvalue weighted by Gasteiger charge is 2.12. The number of rotatable bonds is 3. The van der Waals surface area contributed by atoms with Crippen LogP contribution < -0.4 is 0 Å². The molecule has 14 heavy (non-hydrogen) atoms. The Morgan fingerprint density at radius 3 is 2.79 bits per heavy atom. The lowest BCUT2D eigenvalue weighted by atomic mass is 10.1. The molecule has 2 aromatic heterocycles. The highest BCUT2D eigenvalue weighted by atomic mass is 32.1. The van der Waals surface area contributed by atoms with Crippen molar-refractivity contribution in [2.75, 3.05) is 0 Å². The standard InChI is InChI=1S/C9H9N3OS/c1-2-9(13)7-5-14-6-8(7)12-10-3-4-11-12/h3-6H,2H2,1H3. The number of thiophene rings is 1. The molecule has 0 spiro atoms. The maximum Gasteiger partial charge on any atom is 0.165 e. The van der Waals surface area contributed by atoms with Gasteiger partial charge in [-0.05, 0) is 0 Å². The second-order valence-corrected chi connectivity index (χ2v) is 3.51. The summed E-state index contributed by atoms with van der Waals surface area (Å²) in [7, 11) is 0. The minimum absolute atomic E-state index is 0.124. The van der Waals surface area contributed by atoms with Crippen molar-refractivity contribution in [1.29, 1.82) is 0 Å². The summed E-state index contributed by atoms with van der Waals surface area (Å²) < 4.78 is 0. The van der Waals surface area contributed by atoms with Crippen LogP contribution in [0.2, 0.25) is 0 Å². The Bertz CT molecular complexity index is 433. The number of nitrogens with zero attached hydrogens (tertiary/aromatic N) is 3. The average molecular weight is 207 g/mol. The fourth-order valence-electron chi connectivity index (χ4n) is 1.18. The summed E-state index contributed by atoms with van der Waals surface area (Å²) in [5.74, 6) is 0.124. The Labute approximate surface area is 85.2 Å². The van der Waals surface area contributed by atoms with E-state index in [2.05, 4.69) is 10.2 Å². The molecule has 0 amide bonds. The predicted octanol–water partition coefficient (Wildman–Crippen LogP) is 1.92. The van der Waals surface area contributed by atoms with E-state index in [0.717, 1.165) is 5.69 Å². The molecule has 0 aromatic carbocycles. The SMILES string of the molecule is CCC(=O)c1cscc1-n1nccn1. The van der Waals surface area contributed by atoms with E-state index >= 15 is 0 Å². The minimum Gasteiger partial charge on any atom is -0.294 e. The van der Waals surface area contributed by atoms with Gasteiger partial charge in [-0.3, -0.25) is 4.79 Å². The molecule has 0 aliphatic heterocycles. The summed E-state index contributed by atoms with van der Waals surface area (Å²) in [6.07, 6.45) is 3.70. The Kier molecular flexibility index (Phi) is 2.41. The van der Waals surface area contributed by atoms with Crippen LogP contribution in [-0.4, -0.2) is 20.8 Å². The van der Waals surface area contributed by atoms with Gasteiger partial charge in [0.05, 0.1) is 18.0 Å². The van der Waals surface area contributed by atoms with E-state index in [1.807, 2.05) is 17.7 Å². The third-order valence-electron chi connectivity index (χ3n) is 1.90. The molecule has 72 valence electrons. The van der Waals surface area contributed by atoms with Crippen molar-refractivity contribution in [3.05, 3.63) is 28.7 Å². The van der Waals surface area contributed by atoms with Crippen molar-refractivity contribution in [2.24, 2.45) is 0 Å².